The van der Waals surface area contributed by atoms with Crippen LogP contribution in [0.25, 0.3) is 0 Å². The molecule has 0 saturated heterocycles. The van der Waals surface area contributed by atoms with Crippen LogP contribution in [0.3, 0.4) is 0 Å². The van der Waals surface area contributed by atoms with Crippen LogP contribution in [0.4, 0.5) is 5.69 Å². The quantitative estimate of drug-likeness (QED) is 0.831. The van der Waals surface area contributed by atoms with Gasteiger partial charge in [0.1, 0.15) is 11.0 Å². The van der Waals surface area contributed by atoms with Gasteiger partial charge in [-0.25, -0.2) is 4.21 Å². The maximum atomic E-state index is 12.4. The second-order valence-corrected chi connectivity index (χ2v) is 7.64. The molecule has 0 bridgehead atoms. The molecule has 0 fully saturated rings. The Kier molecular flexibility index (Phi) is 5.04. The zero-order valence-corrected chi connectivity index (χ0v) is 14.3. The first-order valence-electron chi connectivity index (χ1n) is 6.85. The summed E-state index contributed by atoms with van der Waals surface area (Å²) in [7, 11) is -1.44. The molecule has 0 aliphatic carbocycles. The maximum Gasteiger partial charge on any atom is 0.152 e. The molecule has 1 atom stereocenters. The van der Waals surface area contributed by atoms with E-state index in [0.29, 0.717) is 27.5 Å². The second-order valence-electron chi connectivity index (χ2n) is 5.99. The Morgan fingerprint density at radius 2 is 1.73 bits per heavy atom. The minimum absolute atomic E-state index is 0.0499. The van der Waals surface area contributed by atoms with Crippen LogP contribution >= 0.6 is 11.6 Å². The van der Waals surface area contributed by atoms with Crippen LogP contribution < -0.4 is 4.72 Å². The van der Waals surface area contributed by atoms with Crippen LogP contribution in [-0.4, -0.2) is 10.5 Å². The average Bonchev–Trinajstić information content (AvgIpc) is 2.48. The van der Waals surface area contributed by atoms with E-state index >= 15 is 0 Å². The minimum atomic E-state index is -1.44. The van der Waals surface area contributed by atoms with Crippen LogP contribution in [0.2, 0.25) is 5.02 Å². The molecule has 0 spiro atoms. The number of hydrogen-bond acceptors (Lipinski definition) is 2. The Morgan fingerprint density at radius 1 is 1.09 bits per heavy atom. The number of benzene rings is 2. The highest BCUT2D eigenvalue weighted by Gasteiger charge is 2.14. The van der Waals surface area contributed by atoms with E-state index in [-0.39, 0.29) is 5.41 Å². The topological polar surface area (TPSA) is 46.2 Å². The van der Waals surface area contributed by atoms with Crippen molar-refractivity contribution in [2.24, 2.45) is 0 Å². The molecule has 2 rings (SSSR count). The van der Waals surface area contributed by atoms with Gasteiger partial charge in [0.2, 0.25) is 0 Å². The summed E-state index contributed by atoms with van der Waals surface area (Å²) >= 11 is 5.85. The second kappa shape index (κ2) is 6.63. The molecule has 0 aliphatic heterocycles. The average molecular weight is 336 g/mol. The zero-order chi connectivity index (χ0) is 16.3. The van der Waals surface area contributed by atoms with Crippen molar-refractivity contribution in [3.05, 3.63) is 58.6 Å². The lowest BCUT2D eigenvalue weighted by Gasteiger charge is -2.19. The molecule has 0 aliphatic rings. The van der Waals surface area contributed by atoms with Gasteiger partial charge in [-0.1, -0.05) is 44.5 Å². The van der Waals surface area contributed by atoms with Crippen LogP contribution in [-0.2, 0) is 16.4 Å². The van der Waals surface area contributed by atoms with Gasteiger partial charge in [-0.15, -0.1) is 0 Å². The Balaban J connectivity index is 2.21. The van der Waals surface area contributed by atoms with Crippen LogP contribution in [0, 0.1) is 0 Å². The lowest BCUT2D eigenvalue weighted by atomic mass is 9.87. The highest BCUT2D eigenvalue weighted by atomic mass is 35.5. The summed E-state index contributed by atoms with van der Waals surface area (Å²) in [5.74, 6) is 0. The summed E-state index contributed by atoms with van der Waals surface area (Å²) in [6.45, 7) is 6.38. The number of hydrogen-bond donors (Lipinski definition) is 1. The summed E-state index contributed by atoms with van der Waals surface area (Å²) in [6.07, 6.45) is 0.689. The predicted octanol–water partition coefficient (Wildman–Crippen LogP) is 4.58. The fraction of sp³-hybridized carbons (Fsp3) is 0.235. The van der Waals surface area contributed by atoms with Gasteiger partial charge in [-0.3, -0.25) is 4.79 Å². The van der Waals surface area contributed by atoms with E-state index in [1.165, 1.54) is 11.6 Å². The van der Waals surface area contributed by atoms with Gasteiger partial charge in [0.15, 0.2) is 6.29 Å². The minimum Gasteiger partial charge on any atom is -0.300 e. The van der Waals surface area contributed by atoms with Crippen molar-refractivity contribution in [2.75, 3.05) is 4.72 Å². The van der Waals surface area contributed by atoms with Crippen LogP contribution in [0.5, 0.6) is 0 Å². The maximum absolute atomic E-state index is 12.4. The van der Waals surface area contributed by atoms with E-state index in [1.54, 1.807) is 12.1 Å². The summed E-state index contributed by atoms with van der Waals surface area (Å²) in [6, 6.07) is 12.4. The Morgan fingerprint density at radius 3 is 2.27 bits per heavy atom. The van der Waals surface area contributed by atoms with Crippen molar-refractivity contribution >= 4 is 34.6 Å². The number of carbonyl (C=O) groups is 1. The van der Waals surface area contributed by atoms with Crippen molar-refractivity contribution in [3.8, 4) is 0 Å². The highest BCUT2D eigenvalue weighted by molar-refractivity contribution is 7.86. The number of nitrogens with one attached hydrogen (secondary N) is 1. The van der Waals surface area contributed by atoms with E-state index < -0.39 is 11.0 Å². The SMILES string of the molecule is CC(C)(C)c1ccc(S(=O)Nc2ccc(Cl)cc2C=O)cc1. The van der Waals surface area contributed by atoms with Gasteiger partial charge >= 0.3 is 0 Å². The molecule has 1 unspecified atom stereocenters. The standard InChI is InChI=1S/C17H18ClNO2S/c1-17(2,3)13-4-7-15(8-5-13)22(21)19-16-9-6-14(18)10-12(16)11-20/h4-11,19H,1-3H3. The predicted molar refractivity (Wildman–Crippen MR) is 92.0 cm³/mol. The summed E-state index contributed by atoms with van der Waals surface area (Å²) < 4.78 is 15.2. The molecule has 22 heavy (non-hydrogen) atoms. The Hall–Kier alpha value is -1.65. The van der Waals surface area contributed by atoms with Gasteiger partial charge in [-0.2, -0.15) is 0 Å². The smallest absolute Gasteiger partial charge is 0.152 e. The number of rotatable bonds is 4. The first-order chi connectivity index (χ1) is 10.3. The lowest BCUT2D eigenvalue weighted by Crippen LogP contribution is -2.11. The molecular weight excluding hydrogens is 318 g/mol. The number of halogens is 1. The van der Waals surface area contributed by atoms with Gasteiger partial charge in [0, 0.05) is 10.6 Å². The molecule has 0 saturated carbocycles. The third-order valence-corrected chi connectivity index (χ3v) is 4.62. The third kappa shape index (κ3) is 3.96. The van der Waals surface area contributed by atoms with Crippen molar-refractivity contribution in [1.29, 1.82) is 0 Å². The molecule has 1 N–H and O–H groups in total. The number of aldehydes is 1. The highest BCUT2D eigenvalue weighted by Crippen LogP contribution is 2.24. The van der Waals surface area contributed by atoms with E-state index in [2.05, 4.69) is 25.5 Å². The van der Waals surface area contributed by atoms with Crippen LogP contribution in [0.15, 0.2) is 47.4 Å². The summed E-state index contributed by atoms with van der Waals surface area (Å²) in [5.41, 5.74) is 2.10. The van der Waals surface area contributed by atoms with E-state index in [1.807, 2.05) is 24.3 Å². The fourth-order valence-electron chi connectivity index (χ4n) is 1.96. The molecular formula is C17H18ClNO2S. The molecule has 0 aromatic heterocycles. The molecule has 0 radical (unpaired) electrons. The van der Waals surface area contributed by atoms with Crippen molar-refractivity contribution in [3.63, 3.8) is 0 Å². The molecule has 3 nitrogen and oxygen atoms in total. The molecule has 2 aromatic rings. The Bertz CT molecular complexity index is 706. The number of carbonyl (C=O) groups excluding carboxylic acids is 1. The fourth-order valence-corrected chi connectivity index (χ4v) is 3.03. The molecule has 2 aromatic carbocycles. The third-order valence-electron chi connectivity index (χ3n) is 3.28. The normalized spacial score (nSPS) is 12.7. The van der Waals surface area contributed by atoms with Crippen molar-refractivity contribution in [1.82, 2.24) is 0 Å². The summed E-state index contributed by atoms with van der Waals surface area (Å²) in [4.78, 5) is 11.7. The van der Waals surface area contributed by atoms with Gasteiger partial charge in [-0.05, 0) is 41.3 Å². The van der Waals surface area contributed by atoms with Gasteiger partial charge < -0.3 is 4.72 Å². The van der Waals surface area contributed by atoms with Gasteiger partial charge in [0.25, 0.3) is 0 Å². The Labute approximate surface area is 138 Å². The monoisotopic (exact) mass is 335 g/mol. The number of anilines is 1. The summed E-state index contributed by atoms with van der Waals surface area (Å²) in [5, 5.41) is 0.466. The van der Waals surface area contributed by atoms with Gasteiger partial charge in [0.05, 0.1) is 10.6 Å². The van der Waals surface area contributed by atoms with Crippen LogP contribution in [0.1, 0.15) is 36.7 Å². The van der Waals surface area contributed by atoms with E-state index in [4.69, 9.17) is 11.6 Å². The van der Waals surface area contributed by atoms with E-state index in [9.17, 15) is 9.00 Å². The largest absolute Gasteiger partial charge is 0.300 e. The van der Waals surface area contributed by atoms with Crippen molar-refractivity contribution < 1.29 is 9.00 Å². The molecule has 116 valence electrons. The molecule has 0 amide bonds. The van der Waals surface area contributed by atoms with E-state index in [0.717, 1.165) is 0 Å². The first-order valence-corrected chi connectivity index (χ1v) is 8.38. The molecule has 0 heterocycles. The molecule has 5 heteroatoms. The zero-order valence-electron chi connectivity index (χ0n) is 12.7. The lowest BCUT2D eigenvalue weighted by molar-refractivity contribution is 0.112. The van der Waals surface area contributed by atoms with Crippen molar-refractivity contribution in [2.45, 2.75) is 31.1 Å². The first kappa shape index (κ1) is 16.7.